The molecule has 2 aliphatic carbocycles. The third-order valence-electron chi connectivity index (χ3n) is 5.13. The highest BCUT2D eigenvalue weighted by atomic mass is 16.2. The standard InChI is InChI=1S/C19H17NO4/c21-10-15-12-7-4-8-13-17(12)14(9-16(15)22)19(24)20(18(13)23)11-5-2-1-3-6-11/h4,7-11,21H,1-3,5-6H2. The summed E-state index contributed by atoms with van der Waals surface area (Å²) < 4.78 is 1.35. The van der Waals surface area contributed by atoms with Crippen molar-refractivity contribution in [2.75, 3.05) is 0 Å². The Bertz CT molecular complexity index is 1110. The van der Waals surface area contributed by atoms with Crippen LogP contribution in [0.4, 0.5) is 0 Å². The molecule has 1 aliphatic heterocycles. The average Bonchev–Trinajstić information content (AvgIpc) is 2.60. The first-order valence-corrected chi connectivity index (χ1v) is 8.25. The predicted molar refractivity (Wildman–Crippen MR) is 93.0 cm³/mol. The van der Waals surface area contributed by atoms with Crippen LogP contribution in [0.3, 0.4) is 0 Å². The first-order valence-electron chi connectivity index (χ1n) is 8.25. The molecular formula is C19H17NO4. The van der Waals surface area contributed by atoms with Crippen LogP contribution in [0.25, 0.3) is 28.2 Å². The molecule has 1 fully saturated rings. The number of rotatable bonds is 1. The number of hydrogen-bond donors (Lipinski definition) is 1. The second-order valence-electron chi connectivity index (χ2n) is 6.47. The second kappa shape index (κ2) is 5.44. The van der Waals surface area contributed by atoms with Gasteiger partial charge in [-0.2, -0.15) is 0 Å². The van der Waals surface area contributed by atoms with Gasteiger partial charge in [-0.25, -0.2) is 0 Å². The molecule has 0 unspecified atom stereocenters. The fourth-order valence-electron chi connectivity index (χ4n) is 3.98. The Morgan fingerprint density at radius 1 is 1.00 bits per heavy atom. The van der Waals surface area contributed by atoms with Crippen LogP contribution in [-0.2, 0) is 0 Å². The van der Waals surface area contributed by atoms with Gasteiger partial charge in [0.25, 0.3) is 11.1 Å². The van der Waals surface area contributed by atoms with Crippen LogP contribution in [0.2, 0.25) is 0 Å². The lowest BCUT2D eigenvalue weighted by Crippen LogP contribution is -2.40. The molecule has 0 atom stereocenters. The van der Waals surface area contributed by atoms with E-state index in [9.17, 15) is 19.5 Å². The van der Waals surface area contributed by atoms with Crippen molar-refractivity contribution in [2.24, 2.45) is 0 Å². The molecule has 1 N–H and O–H groups in total. The topological polar surface area (TPSA) is 76.4 Å². The lowest BCUT2D eigenvalue weighted by Gasteiger charge is -2.25. The average molecular weight is 323 g/mol. The third kappa shape index (κ3) is 1.97. The first kappa shape index (κ1) is 14.9. The van der Waals surface area contributed by atoms with E-state index in [1.165, 1.54) is 10.6 Å². The van der Waals surface area contributed by atoms with Gasteiger partial charge in [-0.15, -0.1) is 0 Å². The molecular weight excluding hydrogens is 306 g/mol. The molecule has 0 radical (unpaired) electrons. The quantitative estimate of drug-likeness (QED) is 0.741. The lowest BCUT2D eigenvalue weighted by atomic mass is 9.92. The molecule has 0 saturated heterocycles. The molecule has 3 aliphatic rings. The molecule has 0 bridgehead atoms. The molecule has 5 heteroatoms. The van der Waals surface area contributed by atoms with Crippen LogP contribution in [0, 0.1) is 0 Å². The summed E-state index contributed by atoms with van der Waals surface area (Å²) in [7, 11) is 0. The highest BCUT2D eigenvalue weighted by molar-refractivity contribution is 5.97. The van der Waals surface area contributed by atoms with Crippen molar-refractivity contribution in [3.8, 4) is 11.1 Å². The van der Waals surface area contributed by atoms with Gasteiger partial charge in [0.2, 0.25) is 0 Å². The van der Waals surface area contributed by atoms with Crippen molar-refractivity contribution >= 4 is 17.0 Å². The number of nitrogens with zero attached hydrogens (tertiary/aromatic N) is 1. The lowest BCUT2D eigenvalue weighted by molar-refractivity contribution is 0.341. The monoisotopic (exact) mass is 323 g/mol. The maximum absolute atomic E-state index is 13.0. The fraction of sp³-hybridized carbons (Fsp3) is 0.316. The van der Waals surface area contributed by atoms with E-state index in [-0.39, 0.29) is 22.4 Å². The summed E-state index contributed by atoms with van der Waals surface area (Å²) in [5, 5.41) is 10.4. The Morgan fingerprint density at radius 3 is 2.42 bits per heavy atom. The summed E-state index contributed by atoms with van der Waals surface area (Å²) in [6, 6.07) is 6.17. The smallest absolute Gasteiger partial charge is 0.261 e. The van der Waals surface area contributed by atoms with E-state index >= 15 is 0 Å². The van der Waals surface area contributed by atoms with E-state index in [0.717, 1.165) is 38.4 Å². The summed E-state index contributed by atoms with van der Waals surface area (Å²) in [4.78, 5) is 38.2. The van der Waals surface area contributed by atoms with Crippen molar-refractivity contribution < 1.29 is 5.11 Å². The molecule has 0 amide bonds. The number of aliphatic hydroxyl groups is 1. The van der Waals surface area contributed by atoms with Crippen LogP contribution in [0.15, 0.2) is 38.6 Å². The Morgan fingerprint density at radius 2 is 1.71 bits per heavy atom. The normalized spacial score (nSPS) is 17.1. The minimum absolute atomic E-state index is 0.0960. The second-order valence-corrected chi connectivity index (χ2v) is 6.47. The molecule has 5 nitrogen and oxygen atoms in total. The number of hydrogen-bond acceptors (Lipinski definition) is 4. The van der Waals surface area contributed by atoms with Crippen LogP contribution in [0.1, 0.15) is 38.1 Å². The SMILES string of the molecule is O=c1cc2c(=O)n(C3CCCCC3)c(=O)c3cccc(c3-2)c1=CO. The van der Waals surface area contributed by atoms with Gasteiger partial charge in [-0.3, -0.25) is 19.0 Å². The van der Waals surface area contributed by atoms with E-state index in [0.29, 0.717) is 16.3 Å². The van der Waals surface area contributed by atoms with E-state index in [4.69, 9.17) is 0 Å². The summed E-state index contributed by atoms with van der Waals surface area (Å²) in [5.41, 5.74) is -0.367. The first-order chi connectivity index (χ1) is 11.6. The zero-order chi connectivity index (χ0) is 16.8. The van der Waals surface area contributed by atoms with Crippen molar-refractivity contribution in [3.63, 3.8) is 0 Å². The van der Waals surface area contributed by atoms with E-state index in [2.05, 4.69) is 0 Å². The maximum Gasteiger partial charge on any atom is 0.261 e. The van der Waals surface area contributed by atoms with Gasteiger partial charge in [-0.1, -0.05) is 31.4 Å². The summed E-state index contributed by atoms with van der Waals surface area (Å²) in [6.45, 7) is 0. The minimum atomic E-state index is -0.413. The largest absolute Gasteiger partial charge is 0.515 e. The molecule has 1 aromatic carbocycles. The summed E-state index contributed by atoms with van der Waals surface area (Å²) >= 11 is 0. The highest BCUT2D eigenvalue weighted by Gasteiger charge is 2.25. The van der Waals surface area contributed by atoms with E-state index in [1.807, 2.05) is 0 Å². The molecule has 24 heavy (non-hydrogen) atoms. The van der Waals surface area contributed by atoms with Gasteiger partial charge in [0.15, 0.2) is 5.43 Å². The van der Waals surface area contributed by atoms with Crippen LogP contribution >= 0.6 is 0 Å². The maximum atomic E-state index is 13.0. The van der Waals surface area contributed by atoms with Gasteiger partial charge >= 0.3 is 0 Å². The number of pyridine rings is 1. The van der Waals surface area contributed by atoms with Gasteiger partial charge in [-0.05, 0) is 30.4 Å². The van der Waals surface area contributed by atoms with Crippen molar-refractivity contribution in [1.82, 2.24) is 4.57 Å². The Kier molecular flexibility index (Phi) is 3.37. The van der Waals surface area contributed by atoms with Gasteiger partial charge in [0, 0.05) is 17.0 Å². The Labute approximate surface area is 137 Å². The molecule has 0 aromatic heterocycles. The Hall–Kier alpha value is -2.69. The zero-order valence-electron chi connectivity index (χ0n) is 13.1. The van der Waals surface area contributed by atoms with E-state index in [1.54, 1.807) is 18.2 Å². The highest BCUT2D eigenvalue weighted by Crippen LogP contribution is 2.29. The molecule has 4 rings (SSSR count). The molecule has 1 aromatic rings. The summed E-state index contributed by atoms with van der Waals surface area (Å²) in [5.74, 6) is 0. The zero-order valence-corrected chi connectivity index (χ0v) is 13.1. The molecule has 1 saturated carbocycles. The Balaban J connectivity index is 2.20. The molecule has 0 spiro atoms. The fourth-order valence-corrected chi connectivity index (χ4v) is 3.98. The van der Waals surface area contributed by atoms with Crippen molar-refractivity contribution in [1.29, 1.82) is 0 Å². The van der Waals surface area contributed by atoms with Crippen LogP contribution in [0.5, 0.6) is 0 Å². The number of aliphatic hydroxyl groups excluding tert-OH is 1. The predicted octanol–water partition coefficient (Wildman–Crippen LogP) is 1.78. The molecule has 122 valence electrons. The van der Waals surface area contributed by atoms with Crippen molar-refractivity contribution in [3.05, 3.63) is 60.4 Å². The third-order valence-corrected chi connectivity index (χ3v) is 5.13. The number of benzene rings is 2. The van der Waals surface area contributed by atoms with Crippen molar-refractivity contribution in [2.45, 2.75) is 38.1 Å². The summed E-state index contributed by atoms with van der Waals surface area (Å²) in [6.07, 6.45) is 5.51. The van der Waals surface area contributed by atoms with Gasteiger partial charge in [0.05, 0.1) is 17.0 Å². The molecule has 1 heterocycles. The van der Waals surface area contributed by atoms with Gasteiger partial charge < -0.3 is 5.11 Å². The van der Waals surface area contributed by atoms with Crippen LogP contribution < -0.4 is 21.8 Å². The van der Waals surface area contributed by atoms with Crippen LogP contribution in [-0.4, -0.2) is 9.67 Å². The van der Waals surface area contributed by atoms with E-state index < -0.39 is 11.0 Å². The minimum Gasteiger partial charge on any atom is -0.515 e. The van der Waals surface area contributed by atoms with Gasteiger partial charge in [0.1, 0.15) is 0 Å². The number of aromatic nitrogens is 1.